The van der Waals surface area contributed by atoms with Gasteiger partial charge in [0.15, 0.2) is 6.29 Å². The van der Waals surface area contributed by atoms with Crippen LogP contribution in [0.25, 0.3) is 0 Å². The van der Waals surface area contributed by atoms with E-state index in [1.54, 1.807) is 48.5 Å². The minimum atomic E-state index is -5.05. The molecule has 13 heteroatoms. The van der Waals surface area contributed by atoms with Crippen LogP contribution in [0.4, 0.5) is 18.9 Å². The lowest BCUT2D eigenvalue weighted by molar-refractivity contribution is -0.268. The van der Waals surface area contributed by atoms with Gasteiger partial charge in [0.05, 0.1) is 24.4 Å². The summed E-state index contributed by atoms with van der Waals surface area (Å²) in [6.07, 6.45) is -6.07. The molecule has 0 bridgehead atoms. The molecule has 2 aliphatic heterocycles. The Kier molecular flexibility index (Phi) is 10.4. The molecule has 0 aromatic heterocycles. The second-order valence-corrected chi connectivity index (χ2v) is 12.3. The number of thioether (sulfide) groups is 1. The van der Waals surface area contributed by atoms with Crippen molar-refractivity contribution < 1.29 is 47.2 Å². The lowest BCUT2D eigenvalue weighted by atomic mass is 9.91. The van der Waals surface area contributed by atoms with Crippen molar-refractivity contribution in [3.8, 4) is 0 Å². The highest BCUT2D eigenvalue weighted by molar-refractivity contribution is 7.99. The van der Waals surface area contributed by atoms with Gasteiger partial charge in [0.2, 0.25) is 5.91 Å². The number of halogens is 3. The first-order valence-corrected chi connectivity index (χ1v) is 15.7. The zero-order valence-electron chi connectivity index (χ0n) is 24.8. The third-order valence-corrected chi connectivity index (χ3v) is 9.25. The normalized spacial score (nSPS) is 23.2. The van der Waals surface area contributed by atoms with Crippen LogP contribution in [-0.2, 0) is 25.7 Å². The van der Waals surface area contributed by atoms with Gasteiger partial charge in [0.1, 0.15) is 6.04 Å². The van der Waals surface area contributed by atoms with Crippen LogP contribution in [-0.4, -0.2) is 63.5 Å². The molecule has 3 aromatic carbocycles. The van der Waals surface area contributed by atoms with Gasteiger partial charge in [-0.3, -0.25) is 9.59 Å². The molecule has 0 radical (unpaired) electrons. The van der Waals surface area contributed by atoms with E-state index in [2.05, 4.69) is 5.32 Å². The number of benzene rings is 3. The van der Waals surface area contributed by atoms with Gasteiger partial charge in [-0.1, -0.05) is 43.3 Å². The Hall–Kier alpha value is -3.91. The third-order valence-electron chi connectivity index (χ3n) is 8.15. The Labute approximate surface area is 267 Å². The first-order valence-electron chi connectivity index (χ1n) is 14.7. The van der Waals surface area contributed by atoms with E-state index in [0.717, 1.165) is 16.0 Å². The fourth-order valence-electron chi connectivity index (χ4n) is 5.58. The molecule has 0 spiro atoms. The van der Waals surface area contributed by atoms with Crippen molar-refractivity contribution >= 4 is 35.2 Å². The second kappa shape index (κ2) is 14.2. The van der Waals surface area contributed by atoms with Crippen molar-refractivity contribution in [2.24, 2.45) is 5.92 Å². The summed E-state index contributed by atoms with van der Waals surface area (Å²) in [4.78, 5) is 37.3. The van der Waals surface area contributed by atoms with Gasteiger partial charge in [0, 0.05) is 34.4 Å². The van der Waals surface area contributed by atoms with E-state index in [-0.39, 0.29) is 43.3 Å². The van der Waals surface area contributed by atoms with E-state index < -0.39 is 36.3 Å². The number of hydrogen-bond acceptors (Lipinski definition) is 7. The SMILES string of the molecule is C[C@H]1[C@@H](CSc2ccc(C(=O)O)cc2)O[C@@H](c2ccc(NC(=O)[C@@H]3CCCN3C(=O)C(F)(F)F)cc2)O[C@H]1c1ccc(CO)cc1. The monoisotopic (exact) mass is 658 g/mol. The van der Waals surface area contributed by atoms with Crippen LogP contribution in [0.2, 0.25) is 0 Å². The van der Waals surface area contributed by atoms with Gasteiger partial charge in [0.25, 0.3) is 0 Å². The first-order chi connectivity index (χ1) is 21.9. The number of aliphatic hydroxyl groups excluding tert-OH is 1. The summed E-state index contributed by atoms with van der Waals surface area (Å²) in [5, 5.41) is 21.3. The first kappa shape index (κ1) is 33.5. The van der Waals surface area contributed by atoms with E-state index in [4.69, 9.17) is 9.47 Å². The number of aromatic carboxylic acids is 1. The van der Waals surface area contributed by atoms with Crippen molar-refractivity contribution in [2.45, 2.75) is 62.0 Å². The maximum Gasteiger partial charge on any atom is 0.471 e. The Morgan fingerprint density at radius 3 is 2.22 bits per heavy atom. The Morgan fingerprint density at radius 2 is 1.61 bits per heavy atom. The van der Waals surface area contributed by atoms with Crippen molar-refractivity contribution in [3.63, 3.8) is 0 Å². The van der Waals surface area contributed by atoms with Crippen LogP contribution in [0.5, 0.6) is 0 Å². The summed E-state index contributed by atoms with van der Waals surface area (Å²) in [7, 11) is 0. The van der Waals surface area contributed by atoms with Gasteiger partial charge in [-0.15, -0.1) is 11.8 Å². The number of rotatable bonds is 9. The van der Waals surface area contributed by atoms with Gasteiger partial charge in [-0.25, -0.2) is 4.79 Å². The molecule has 0 saturated carbocycles. The number of aliphatic hydroxyl groups is 1. The number of carboxylic acids is 1. The highest BCUT2D eigenvalue weighted by Gasteiger charge is 2.47. The Balaban J connectivity index is 1.31. The molecule has 3 N–H and O–H groups in total. The van der Waals surface area contributed by atoms with E-state index >= 15 is 0 Å². The zero-order valence-corrected chi connectivity index (χ0v) is 25.6. The van der Waals surface area contributed by atoms with Gasteiger partial charge < -0.3 is 29.9 Å². The van der Waals surface area contributed by atoms with E-state index in [1.165, 1.54) is 11.8 Å². The maximum atomic E-state index is 13.0. The standard InChI is InChI=1S/C33H33F3N2O7S/c1-19-27(18-46-25-14-10-22(11-15-25)30(41)42)44-31(45-28(19)21-6-4-20(17-39)5-7-21)23-8-12-24(13-9-23)37-29(40)26-3-2-16-38(26)32(43)33(34,35)36/h4-15,19,26-28,31,39H,2-3,16-18H2,1H3,(H,37,40)(H,41,42)/t19-,26-,27+,28+,31+/m0/s1. The van der Waals surface area contributed by atoms with Crippen molar-refractivity contribution in [3.05, 3.63) is 95.1 Å². The number of hydrogen-bond donors (Lipinski definition) is 3. The molecule has 9 nitrogen and oxygen atoms in total. The minimum absolute atomic E-state index is 0.0886. The van der Waals surface area contributed by atoms with Crippen molar-refractivity contribution in [2.75, 3.05) is 17.6 Å². The highest BCUT2D eigenvalue weighted by Crippen LogP contribution is 2.43. The number of carboxylic acid groups (broad SMARTS) is 1. The smallest absolute Gasteiger partial charge is 0.471 e. The summed E-state index contributed by atoms with van der Waals surface area (Å²) >= 11 is 1.52. The average Bonchev–Trinajstić information content (AvgIpc) is 3.54. The number of amides is 2. The molecule has 2 heterocycles. The molecule has 46 heavy (non-hydrogen) atoms. The maximum absolute atomic E-state index is 13.0. The molecule has 244 valence electrons. The fraction of sp³-hybridized carbons (Fsp3) is 0.364. The minimum Gasteiger partial charge on any atom is -0.478 e. The van der Waals surface area contributed by atoms with Crippen LogP contribution in [0.15, 0.2) is 77.7 Å². The predicted molar refractivity (Wildman–Crippen MR) is 163 cm³/mol. The molecule has 0 aliphatic carbocycles. The summed E-state index contributed by atoms with van der Waals surface area (Å²) in [6, 6.07) is 19.4. The van der Waals surface area contributed by atoms with E-state index in [0.29, 0.717) is 28.3 Å². The number of carbonyl (C=O) groups is 3. The van der Waals surface area contributed by atoms with Crippen molar-refractivity contribution in [1.29, 1.82) is 0 Å². The molecule has 5 atom stereocenters. The molecule has 2 saturated heterocycles. The fourth-order valence-corrected chi connectivity index (χ4v) is 6.64. The topological polar surface area (TPSA) is 125 Å². The van der Waals surface area contributed by atoms with E-state index in [1.807, 2.05) is 31.2 Å². The molecule has 5 rings (SSSR count). The second-order valence-electron chi connectivity index (χ2n) is 11.2. The number of likely N-dealkylation sites (tertiary alicyclic amines) is 1. The molecular formula is C33H33F3N2O7S. The van der Waals surface area contributed by atoms with Gasteiger partial charge in [-0.05, 0) is 60.4 Å². The molecule has 2 aliphatic rings. The van der Waals surface area contributed by atoms with Crippen molar-refractivity contribution in [1.82, 2.24) is 4.90 Å². The third kappa shape index (κ3) is 7.72. The summed E-state index contributed by atoms with van der Waals surface area (Å²) in [6.45, 7) is 1.79. The molecule has 2 fully saturated rings. The quantitative estimate of drug-likeness (QED) is 0.241. The molecule has 2 amide bonds. The lowest BCUT2D eigenvalue weighted by Gasteiger charge is -2.41. The molecule has 0 unspecified atom stereocenters. The Morgan fingerprint density at radius 1 is 0.957 bits per heavy atom. The van der Waals surface area contributed by atoms with Crippen LogP contribution < -0.4 is 5.32 Å². The van der Waals surface area contributed by atoms with Crippen LogP contribution in [0.3, 0.4) is 0 Å². The number of nitrogens with zero attached hydrogens (tertiary/aromatic N) is 1. The molecule has 3 aromatic rings. The number of alkyl halides is 3. The van der Waals surface area contributed by atoms with Crippen LogP contribution in [0, 0.1) is 5.92 Å². The van der Waals surface area contributed by atoms with Gasteiger partial charge in [-0.2, -0.15) is 13.2 Å². The molecular weight excluding hydrogens is 625 g/mol. The van der Waals surface area contributed by atoms with Crippen LogP contribution >= 0.6 is 11.8 Å². The average molecular weight is 659 g/mol. The number of carbonyl (C=O) groups excluding carboxylic acids is 2. The largest absolute Gasteiger partial charge is 0.478 e. The van der Waals surface area contributed by atoms with Gasteiger partial charge >= 0.3 is 18.1 Å². The van der Waals surface area contributed by atoms with Crippen LogP contribution in [0.1, 0.15) is 59.2 Å². The number of nitrogens with one attached hydrogen (secondary N) is 1. The summed E-state index contributed by atoms with van der Waals surface area (Å²) in [5.74, 6) is -3.26. The summed E-state index contributed by atoms with van der Waals surface area (Å²) < 4.78 is 51.9. The lowest BCUT2D eigenvalue weighted by Crippen LogP contribution is -2.48. The number of ether oxygens (including phenoxy) is 2. The van der Waals surface area contributed by atoms with E-state index in [9.17, 15) is 37.8 Å². The highest BCUT2D eigenvalue weighted by atomic mass is 32.2. The zero-order chi connectivity index (χ0) is 33.0. The summed E-state index contributed by atoms with van der Waals surface area (Å²) in [5.41, 5.74) is 2.85. The predicted octanol–water partition coefficient (Wildman–Crippen LogP) is 5.95. The Bertz CT molecular complexity index is 1530. The number of anilines is 1.